The Kier molecular flexibility index (Phi) is 9.86. The average Bonchev–Trinajstić information content (AvgIpc) is 3.13. The first-order valence-corrected chi connectivity index (χ1v) is 13.7. The second kappa shape index (κ2) is 12.0. The molecule has 1 aliphatic carbocycles. The summed E-state index contributed by atoms with van der Waals surface area (Å²) in [5, 5.41) is 7.97. The maximum atomic E-state index is 13.9. The van der Waals surface area contributed by atoms with E-state index >= 15 is 0 Å². The van der Waals surface area contributed by atoms with Crippen LogP contribution in [0.2, 0.25) is 0 Å². The Bertz CT molecular complexity index is 1040. The third kappa shape index (κ3) is 7.74. The zero-order valence-electron chi connectivity index (χ0n) is 25.1. The number of piperidine rings is 1. The molecule has 0 bridgehead atoms. The molecule has 3 N–H and O–H groups in total. The van der Waals surface area contributed by atoms with Crippen molar-refractivity contribution in [1.82, 2.24) is 20.9 Å². The number of alkyl carbamates (subject to hydrolysis) is 1. The van der Waals surface area contributed by atoms with E-state index in [4.69, 9.17) is 4.74 Å². The third-order valence-electron chi connectivity index (χ3n) is 7.46. The van der Waals surface area contributed by atoms with Crippen LogP contribution in [0.1, 0.15) is 82.1 Å². The highest BCUT2D eigenvalue weighted by molar-refractivity contribution is 6.38. The number of likely N-dealkylation sites (tertiary alicyclic amines) is 1. The SMILES string of the molecule is CC#CCC[C@@H](NC(=O)[C@@H]1C2C(CN1C(=O)[C@@H](NC(=O)OC(C)(C)C)C(C)(C)C)C2(C)C)C(=O)C(=O)NCC. The number of nitrogens with one attached hydrogen (secondary N) is 3. The molecule has 218 valence electrons. The number of hydrogen-bond donors (Lipinski definition) is 3. The summed E-state index contributed by atoms with van der Waals surface area (Å²) in [5.41, 5.74) is -1.58. The second-order valence-electron chi connectivity index (χ2n) is 13.1. The molecule has 2 unspecified atom stereocenters. The molecule has 2 fully saturated rings. The van der Waals surface area contributed by atoms with Gasteiger partial charge in [-0.3, -0.25) is 19.2 Å². The average molecular weight is 547 g/mol. The molecule has 10 heteroatoms. The van der Waals surface area contributed by atoms with Gasteiger partial charge in [0.05, 0.1) is 6.04 Å². The van der Waals surface area contributed by atoms with Crippen molar-refractivity contribution in [2.75, 3.05) is 13.1 Å². The summed E-state index contributed by atoms with van der Waals surface area (Å²) in [5.74, 6) is 3.22. The van der Waals surface area contributed by atoms with E-state index in [0.717, 1.165) is 0 Å². The van der Waals surface area contributed by atoms with E-state index < -0.39 is 52.8 Å². The van der Waals surface area contributed by atoms with Crippen LogP contribution in [0.4, 0.5) is 4.79 Å². The van der Waals surface area contributed by atoms with Crippen molar-refractivity contribution < 1.29 is 28.7 Å². The quantitative estimate of drug-likeness (QED) is 0.300. The molecule has 0 aromatic rings. The van der Waals surface area contributed by atoms with Gasteiger partial charge in [-0.25, -0.2) is 4.79 Å². The van der Waals surface area contributed by atoms with Gasteiger partial charge in [0, 0.05) is 19.5 Å². The predicted octanol–water partition coefficient (Wildman–Crippen LogP) is 2.40. The fourth-order valence-electron chi connectivity index (χ4n) is 5.33. The van der Waals surface area contributed by atoms with Crippen LogP contribution in [-0.4, -0.2) is 71.3 Å². The Morgan fingerprint density at radius 3 is 2.18 bits per heavy atom. The predicted molar refractivity (Wildman–Crippen MR) is 147 cm³/mol. The Morgan fingerprint density at radius 2 is 1.67 bits per heavy atom. The van der Waals surface area contributed by atoms with E-state index in [-0.39, 0.29) is 36.1 Å². The number of carbonyl (C=O) groups excluding carboxylic acids is 5. The Balaban J connectivity index is 2.34. The fraction of sp³-hybridized carbons (Fsp3) is 0.759. The Hall–Kier alpha value is -3.09. The molecule has 0 radical (unpaired) electrons. The summed E-state index contributed by atoms with van der Waals surface area (Å²) in [6, 6.07) is -2.86. The Labute approximate surface area is 232 Å². The molecule has 1 heterocycles. The van der Waals surface area contributed by atoms with Crippen LogP contribution in [0.5, 0.6) is 0 Å². The van der Waals surface area contributed by atoms with Gasteiger partial charge < -0.3 is 25.6 Å². The summed E-state index contributed by atoms with van der Waals surface area (Å²) < 4.78 is 5.39. The van der Waals surface area contributed by atoms with E-state index in [1.165, 1.54) is 4.90 Å². The largest absolute Gasteiger partial charge is 0.444 e. The normalized spacial score (nSPS) is 22.8. The maximum absolute atomic E-state index is 13.9. The van der Waals surface area contributed by atoms with Gasteiger partial charge in [0.15, 0.2) is 0 Å². The minimum Gasteiger partial charge on any atom is -0.444 e. The highest BCUT2D eigenvalue weighted by atomic mass is 16.6. The first-order chi connectivity index (χ1) is 17.9. The van der Waals surface area contributed by atoms with Gasteiger partial charge in [-0.2, -0.15) is 0 Å². The van der Waals surface area contributed by atoms with Crippen molar-refractivity contribution in [2.24, 2.45) is 22.7 Å². The minimum atomic E-state index is -1.07. The number of likely N-dealkylation sites (N-methyl/N-ethyl adjacent to an activating group) is 1. The molecule has 1 aliphatic heterocycles. The molecule has 0 aromatic carbocycles. The number of fused-ring (bicyclic) bond motifs is 1. The molecule has 5 atom stereocenters. The molecule has 0 aromatic heterocycles. The van der Waals surface area contributed by atoms with Crippen molar-refractivity contribution in [3.8, 4) is 11.8 Å². The van der Waals surface area contributed by atoms with E-state index in [1.54, 1.807) is 34.6 Å². The lowest BCUT2D eigenvalue weighted by Gasteiger charge is -2.38. The number of Topliss-reactive ketones (excluding diaryl/α,β-unsaturated/α-hetero) is 1. The zero-order chi connectivity index (χ0) is 29.9. The molecule has 1 saturated carbocycles. The summed E-state index contributed by atoms with van der Waals surface area (Å²) in [6.07, 6.45) is -0.222. The van der Waals surface area contributed by atoms with E-state index in [2.05, 4.69) is 41.6 Å². The van der Waals surface area contributed by atoms with Crippen molar-refractivity contribution >= 4 is 29.6 Å². The molecule has 2 rings (SSSR count). The summed E-state index contributed by atoms with van der Waals surface area (Å²) in [4.78, 5) is 67.0. The number of ketones is 1. The molecule has 1 saturated heterocycles. The summed E-state index contributed by atoms with van der Waals surface area (Å²) in [7, 11) is 0. The van der Waals surface area contributed by atoms with Crippen LogP contribution in [0.15, 0.2) is 0 Å². The first-order valence-electron chi connectivity index (χ1n) is 13.7. The maximum Gasteiger partial charge on any atom is 0.408 e. The fourth-order valence-corrected chi connectivity index (χ4v) is 5.33. The van der Waals surface area contributed by atoms with Crippen LogP contribution < -0.4 is 16.0 Å². The van der Waals surface area contributed by atoms with Crippen LogP contribution >= 0.6 is 0 Å². The zero-order valence-corrected chi connectivity index (χ0v) is 25.1. The minimum absolute atomic E-state index is 0.0999. The van der Waals surface area contributed by atoms with Crippen LogP contribution in [0.25, 0.3) is 0 Å². The number of ether oxygens (including phenoxy) is 1. The van der Waals surface area contributed by atoms with E-state index in [1.807, 2.05) is 20.8 Å². The molecule has 0 spiro atoms. The molecule has 39 heavy (non-hydrogen) atoms. The van der Waals surface area contributed by atoms with Gasteiger partial charge in [-0.05, 0) is 63.7 Å². The number of hydrogen-bond acceptors (Lipinski definition) is 6. The van der Waals surface area contributed by atoms with Gasteiger partial charge in [-0.15, -0.1) is 11.8 Å². The van der Waals surface area contributed by atoms with Crippen LogP contribution in [0, 0.1) is 34.5 Å². The number of nitrogens with zero attached hydrogens (tertiary/aromatic N) is 1. The van der Waals surface area contributed by atoms with E-state index in [0.29, 0.717) is 13.0 Å². The van der Waals surface area contributed by atoms with Gasteiger partial charge in [-0.1, -0.05) is 34.6 Å². The van der Waals surface area contributed by atoms with Gasteiger partial charge in [0.2, 0.25) is 17.6 Å². The van der Waals surface area contributed by atoms with E-state index in [9.17, 15) is 24.0 Å². The lowest BCUT2D eigenvalue weighted by Crippen LogP contribution is -2.60. The summed E-state index contributed by atoms with van der Waals surface area (Å²) in [6.45, 7) is 18.8. The highest BCUT2D eigenvalue weighted by Gasteiger charge is 2.70. The monoisotopic (exact) mass is 546 g/mol. The topological polar surface area (TPSA) is 134 Å². The van der Waals surface area contributed by atoms with Crippen LogP contribution in [0.3, 0.4) is 0 Å². The number of rotatable bonds is 9. The summed E-state index contributed by atoms with van der Waals surface area (Å²) >= 11 is 0. The first kappa shape index (κ1) is 32.1. The van der Waals surface area contributed by atoms with Crippen molar-refractivity contribution in [2.45, 2.75) is 106 Å². The molecule has 4 amide bonds. The van der Waals surface area contributed by atoms with Gasteiger partial charge in [0.1, 0.15) is 17.7 Å². The molecule has 2 aliphatic rings. The van der Waals surface area contributed by atoms with Crippen LogP contribution in [-0.2, 0) is 23.9 Å². The molecular formula is C29H46N4O6. The highest BCUT2D eigenvalue weighted by Crippen LogP contribution is 2.65. The second-order valence-corrected chi connectivity index (χ2v) is 13.1. The van der Waals surface area contributed by atoms with Crippen molar-refractivity contribution in [1.29, 1.82) is 0 Å². The van der Waals surface area contributed by atoms with Gasteiger partial charge >= 0.3 is 6.09 Å². The van der Waals surface area contributed by atoms with Crippen molar-refractivity contribution in [3.05, 3.63) is 0 Å². The molecular weight excluding hydrogens is 500 g/mol. The lowest BCUT2D eigenvalue weighted by atomic mass is 9.85. The number of amides is 4. The van der Waals surface area contributed by atoms with Crippen molar-refractivity contribution in [3.63, 3.8) is 0 Å². The standard InChI is InChI=1S/C29H46N4O6/c1-11-13-14-15-18(21(34)24(36)30-12-2)31-23(35)20-19-17(29(19,9)10)16-33(20)25(37)22(27(3,4)5)32-26(38)39-28(6,7)8/h17-20,22H,12,14-16H2,1-10H3,(H,30,36)(H,31,35)(H,32,38)/t17?,18-,19?,20+,22-/m1/s1. The molecule has 10 nitrogen and oxygen atoms in total. The smallest absolute Gasteiger partial charge is 0.408 e. The van der Waals surface area contributed by atoms with Gasteiger partial charge in [0.25, 0.3) is 5.91 Å². The third-order valence-corrected chi connectivity index (χ3v) is 7.46. The Morgan fingerprint density at radius 1 is 1.05 bits per heavy atom. The lowest BCUT2D eigenvalue weighted by molar-refractivity contribution is -0.145. The number of carbonyl (C=O) groups is 5.